The van der Waals surface area contributed by atoms with Gasteiger partial charge in [-0.15, -0.1) is 0 Å². The molecule has 0 bridgehead atoms. The van der Waals surface area contributed by atoms with Crippen LogP contribution in [0.5, 0.6) is 0 Å². The lowest BCUT2D eigenvalue weighted by Crippen LogP contribution is -2.34. The van der Waals surface area contributed by atoms with Gasteiger partial charge in [0, 0.05) is 37.6 Å². The number of rotatable bonds is 5. The zero-order chi connectivity index (χ0) is 25.5. The van der Waals surface area contributed by atoms with E-state index >= 15 is 0 Å². The van der Waals surface area contributed by atoms with Gasteiger partial charge in [-0.2, -0.15) is 10.1 Å². The highest BCUT2D eigenvalue weighted by molar-refractivity contribution is 5.90. The van der Waals surface area contributed by atoms with Crippen molar-refractivity contribution in [3.63, 3.8) is 0 Å². The van der Waals surface area contributed by atoms with Gasteiger partial charge in [-0.3, -0.25) is 4.79 Å². The molecule has 0 unspecified atom stereocenters. The molecule has 0 saturated heterocycles. The molecule has 2 aromatic carbocycles. The minimum atomic E-state index is 0.114. The van der Waals surface area contributed by atoms with Crippen LogP contribution < -0.4 is 10.6 Å². The summed E-state index contributed by atoms with van der Waals surface area (Å²) < 4.78 is 2.10. The number of nitrogens with zero attached hydrogens (tertiary/aromatic N) is 5. The van der Waals surface area contributed by atoms with Crippen LogP contribution in [0.2, 0.25) is 0 Å². The third-order valence-electron chi connectivity index (χ3n) is 7.76. The summed E-state index contributed by atoms with van der Waals surface area (Å²) in [4.78, 5) is 23.4. The number of para-hydroxylation sites is 1. The van der Waals surface area contributed by atoms with E-state index in [1.54, 1.807) is 6.92 Å². The summed E-state index contributed by atoms with van der Waals surface area (Å²) in [6.45, 7) is 7.27. The van der Waals surface area contributed by atoms with Crippen LogP contribution in [-0.4, -0.2) is 37.1 Å². The molecule has 6 rings (SSSR count). The largest absolute Gasteiger partial charge is 0.338 e. The number of nitrogens with one attached hydrogen (secondary N) is 2. The number of aryl methyl sites for hydroxylation is 2. The van der Waals surface area contributed by atoms with Crippen LogP contribution in [0.1, 0.15) is 60.9 Å². The second kappa shape index (κ2) is 9.50. The number of carbonyl (C=O) groups excluding carboxylic acids is 1. The van der Waals surface area contributed by atoms with E-state index in [0.29, 0.717) is 18.5 Å². The number of fused-ring (bicyclic) bond motifs is 2. The minimum absolute atomic E-state index is 0.114. The molecular weight excluding hydrogens is 462 g/mol. The van der Waals surface area contributed by atoms with Crippen molar-refractivity contribution in [1.82, 2.24) is 24.6 Å². The van der Waals surface area contributed by atoms with Crippen LogP contribution in [0.15, 0.2) is 42.6 Å². The first-order chi connectivity index (χ1) is 18.0. The summed E-state index contributed by atoms with van der Waals surface area (Å²) in [6.07, 6.45) is 7.42. The van der Waals surface area contributed by atoms with E-state index < -0.39 is 0 Å². The lowest BCUT2D eigenvalue weighted by Gasteiger charge is -2.28. The van der Waals surface area contributed by atoms with E-state index in [4.69, 9.17) is 10.1 Å². The molecule has 1 amide bonds. The van der Waals surface area contributed by atoms with E-state index in [0.717, 1.165) is 54.0 Å². The zero-order valence-electron chi connectivity index (χ0n) is 21.7. The second-order valence-corrected chi connectivity index (χ2v) is 10.4. The Hall–Kier alpha value is -3.94. The van der Waals surface area contributed by atoms with Gasteiger partial charge in [-0.25, -0.2) is 9.67 Å². The van der Waals surface area contributed by atoms with E-state index in [-0.39, 0.29) is 5.91 Å². The van der Waals surface area contributed by atoms with Crippen LogP contribution in [0, 0.1) is 13.8 Å². The number of anilines is 4. The van der Waals surface area contributed by atoms with Gasteiger partial charge in [0.15, 0.2) is 11.5 Å². The van der Waals surface area contributed by atoms with Crippen molar-refractivity contribution in [2.45, 2.75) is 65.5 Å². The number of hydrogen-bond donors (Lipinski definition) is 2. The van der Waals surface area contributed by atoms with Crippen molar-refractivity contribution in [3.8, 4) is 0 Å². The Morgan fingerprint density at radius 1 is 1.03 bits per heavy atom. The molecule has 8 nitrogen and oxygen atoms in total. The van der Waals surface area contributed by atoms with Crippen molar-refractivity contribution < 1.29 is 4.79 Å². The SMILES string of the molecule is CC(=O)N1CCc2ccc(Nc3ncc4c(Nc5c(C)cccc5C)nn(C5CCCC5)c4n3)cc2C1. The van der Waals surface area contributed by atoms with Crippen LogP contribution in [0.4, 0.5) is 23.1 Å². The van der Waals surface area contributed by atoms with Crippen molar-refractivity contribution in [2.24, 2.45) is 0 Å². The summed E-state index contributed by atoms with van der Waals surface area (Å²) in [7, 11) is 0. The fourth-order valence-electron chi connectivity index (χ4n) is 5.64. The topological polar surface area (TPSA) is 88.0 Å². The molecule has 3 heterocycles. The van der Waals surface area contributed by atoms with E-state index in [1.807, 2.05) is 11.1 Å². The highest BCUT2D eigenvalue weighted by Gasteiger charge is 2.24. The maximum Gasteiger partial charge on any atom is 0.229 e. The molecule has 190 valence electrons. The average Bonchev–Trinajstić information content (AvgIpc) is 3.54. The lowest BCUT2D eigenvalue weighted by atomic mass is 9.99. The normalized spacial score (nSPS) is 15.7. The van der Waals surface area contributed by atoms with Gasteiger partial charge < -0.3 is 15.5 Å². The van der Waals surface area contributed by atoms with Crippen molar-refractivity contribution in [1.29, 1.82) is 0 Å². The number of hydrogen-bond acceptors (Lipinski definition) is 6. The maximum atomic E-state index is 11.9. The molecule has 2 aliphatic rings. The summed E-state index contributed by atoms with van der Waals surface area (Å²) in [5, 5.41) is 12.9. The van der Waals surface area contributed by atoms with Gasteiger partial charge in [-0.05, 0) is 67.5 Å². The Kier molecular flexibility index (Phi) is 6.02. The van der Waals surface area contributed by atoms with E-state index in [1.165, 1.54) is 35.1 Å². The first kappa shape index (κ1) is 23.5. The predicted octanol–water partition coefficient (Wildman–Crippen LogP) is 5.95. The summed E-state index contributed by atoms with van der Waals surface area (Å²) in [5.74, 6) is 1.46. The van der Waals surface area contributed by atoms with Crippen molar-refractivity contribution in [2.75, 3.05) is 17.2 Å². The highest BCUT2D eigenvalue weighted by atomic mass is 16.2. The quantitative estimate of drug-likeness (QED) is 0.356. The summed E-state index contributed by atoms with van der Waals surface area (Å²) in [6, 6.07) is 13.0. The monoisotopic (exact) mass is 495 g/mol. The molecule has 2 N–H and O–H groups in total. The molecule has 2 aromatic heterocycles. The molecule has 0 radical (unpaired) electrons. The van der Waals surface area contributed by atoms with Crippen LogP contribution >= 0.6 is 0 Å². The second-order valence-electron chi connectivity index (χ2n) is 10.4. The van der Waals surface area contributed by atoms with Crippen molar-refractivity contribution in [3.05, 3.63) is 64.8 Å². The molecule has 1 saturated carbocycles. The highest BCUT2D eigenvalue weighted by Crippen LogP contribution is 2.35. The minimum Gasteiger partial charge on any atom is -0.338 e. The van der Waals surface area contributed by atoms with Crippen LogP contribution in [0.3, 0.4) is 0 Å². The van der Waals surface area contributed by atoms with Gasteiger partial charge in [0.2, 0.25) is 11.9 Å². The Bertz CT molecular complexity index is 1470. The van der Waals surface area contributed by atoms with Gasteiger partial charge >= 0.3 is 0 Å². The molecule has 0 spiro atoms. The fraction of sp³-hybridized carbons (Fsp3) is 0.379. The molecule has 37 heavy (non-hydrogen) atoms. The Morgan fingerprint density at radius 3 is 2.57 bits per heavy atom. The summed E-state index contributed by atoms with van der Waals surface area (Å²) >= 11 is 0. The van der Waals surface area contributed by atoms with Crippen molar-refractivity contribution >= 4 is 40.1 Å². The molecule has 0 atom stereocenters. The zero-order valence-corrected chi connectivity index (χ0v) is 21.7. The molecule has 4 aromatic rings. The third kappa shape index (κ3) is 4.52. The Balaban J connectivity index is 1.34. The van der Waals surface area contributed by atoms with Gasteiger partial charge in [-0.1, -0.05) is 37.1 Å². The molecule has 1 aliphatic heterocycles. The number of aromatic nitrogens is 4. The van der Waals surface area contributed by atoms with E-state index in [2.05, 4.69) is 70.5 Å². The standard InChI is InChI=1S/C29H33N7O/c1-18-7-6-8-19(2)26(18)32-27-25-16-30-29(33-28(25)36(34-27)24-9-4-5-10-24)31-23-12-11-21-13-14-35(20(3)37)17-22(21)15-23/h6-8,11-12,15-16,24H,4-5,9-10,13-14,17H2,1-3H3,(H,32,34)(H,30,31,33). The van der Waals surface area contributed by atoms with Gasteiger partial charge in [0.25, 0.3) is 0 Å². The summed E-state index contributed by atoms with van der Waals surface area (Å²) in [5.41, 5.74) is 7.67. The lowest BCUT2D eigenvalue weighted by molar-refractivity contribution is -0.129. The number of benzene rings is 2. The van der Waals surface area contributed by atoms with Crippen LogP contribution in [-0.2, 0) is 17.8 Å². The number of amides is 1. The predicted molar refractivity (Wildman–Crippen MR) is 147 cm³/mol. The third-order valence-corrected chi connectivity index (χ3v) is 7.76. The van der Waals surface area contributed by atoms with E-state index in [9.17, 15) is 4.79 Å². The molecule has 8 heteroatoms. The van der Waals surface area contributed by atoms with Gasteiger partial charge in [0.1, 0.15) is 0 Å². The Labute approximate surface area is 217 Å². The Morgan fingerprint density at radius 2 is 1.81 bits per heavy atom. The van der Waals surface area contributed by atoms with Crippen LogP contribution in [0.25, 0.3) is 11.0 Å². The maximum absolute atomic E-state index is 11.9. The molecular formula is C29H33N7O. The first-order valence-electron chi connectivity index (χ1n) is 13.2. The smallest absolute Gasteiger partial charge is 0.229 e. The van der Waals surface area contributed by atoms with Gasteiger partial charge in [0.05, 0.1) is 11.4 Å². The average molecular weight is 496 g/mol. The number of carbonyl (C=O) groups is 1. The molecule has 1 fully saturated rings. The molecule has 1 aliphatic carbocycles. The fourth-order valence-corrected chi connectivity index (χ4v) is 5.64. The first-order valence-corrected chi connectivity index (χ1v) is 13.2.